The Hall–Kier alpha value is -1.09. The Bertz CT molecular complexity index is 356. The van der Waals surface area contributed by atoms with Crippen molar-refractivity contribution in [2.75, 3.05) is 0 Å². The highest BCUT2D eigenvalue weighted by atomic mass is 35.5. The number of hydrogen-bond donors (Lipinski definition) is 0. The van der Waals surface area contributed by atoms with Crippen LogP contribution < -0.4 is 5.56 Å². The molecule has 1 aromatic heterocycles. The van der Waals surface area contributed by atoms with E-state index in [9.17, 15) is 9.59 Å². The predicted molar refractivity (Wildman–Crippen MR) is 46.2 cm³/mol. The molecule has 0 aliphatic heterocycles. The minimum Gasteiger partial charge on any atom is -0.318 e. The number of rotatable bonds is 2. The van der Waals surface area contributed by atoms with Gasteiger partial charge in [-0.05, 0) is 17.7 Å². The normalized spacial score (nSPS) is 9.83. The molecule has 0 radical (unpaired) electrons. The highest BCUT2D eigenvalue weighted by molar-refractivity contribution is 6.63. The predicted octanol–water partition coefficient (Wildman–Crippen LogP) is 0.693. The Balaban J connectivity index is 3.09. The molecule has 0 fully saturated rings. The van der Waals surface area contributed by atoms with Gasteiger partial charge in [-0.1, -0.05) is 6.07 Å². The summed E-state index contributed by atoms with van der Waals surface area (Å²) in [5, 5.41) is -0.515. The van der Waals surface area contributed by atoms with E-state index < -0.39 is 5.24 Å². The molecule has 0 aliphatic rings. The molecule has 0 amide bonds. The summed E-state index contributed by atoms with van der Waals surface area (Å²) in [6, 6.07) is 3.30. The smallest absolute Gasteiger partial charge is 0.253 e. The second-order valence-corrected chi connectivity index (χ2v) is 2.90. The molecule has 0 saturated carbocycles. The van der Waals surface area contributed by atoms with Gasteiger partial charge < -0.3 is 4.57 Å². The first kappa shape index (κ1) is 9.00. The summed E-state index contributed by atoms with van der Waals surface area (Å²) in [5.41, 5.74) is 0.256. The van der Waals surface area contributed by atoms with E-state index >= 15 is 0 Å². The molecule has 0 spiro atoms. The highest BCUT2D eigenvalue weighted by Gasteiger charge is 2.04. The third-order valence-corrected chi connectivity index (χ3v) is 1.67. The van der Waals surface area contributed by atoms with Gasteiger partial charge >= 0.3 is 0 Å². The molecule has 1 heterocycles. The number of halogens is 1. The monoisotopic (exact) mass is 185 g/mol. The molecule has 0 N–H and O–H groups in total. The SMILES string of the molecule is Cn1cccc(CC(=O)Cl)c1=O. The van der Waals surface area contributed by atoms with Crippen LogP contribution in [0.2, 0.25) is 0 Å². The van der Waals surface area contributed by atoms with Gasteiger partial charge in [-0.3, -0.25) is 9.59 Å². The van der Waals surface area contributed by atoms with E-state index in [4.69, 9.17) is 11.6 Å². The Morgan fingerprint density at radius 3 is 2.92 bits per heavy atom. The lowest BCUT2D eigenvalue weighted by Crippen LogP contribution is -2.20. The van der Waals surface area contributed by atoms with Crippen molar-refractivity contribution < 1.29 is 4.79 Å². The average molecular weight is 186 g/mol. The molecule has 1 aromatic rings. The third kappa shape index (κ3) is 1.95. The van der Waals surface area contributed by atoms with Gasteiger partial charge in [-0.25, -0.2) is 0 Å². The maximum atomic E-state index is 11.3. The molecule has 3 nitrogen and oxygen atoms in total. The van der Waals surface area contributed by atoms with Crippen molar-refractivity contribution in [1.82, 2.24) is 4.57 Å². The van der Waals surface area contributed by atoms with E-state index in [1.165, 1.54) is 4.57 Å². The van der Waals surface area contributed by atoms with Crippen molar-refractivity contribution >= 4 is 16.8 Å². The number of aryl methyl sites for hydroxylation is 1. The Kier molecular flexibility index (Phi) is 2.65. The fourth-order valence-corrected chi connectivity index (χ4v) is 1.08. The van der Waals surface area contributed by atoms with Crippen LogP contribution in [0.1, 0.15) is 5.56 Å². The summed E-state index contributed by atoms with van der Waals surface area (Å²) >= 11 is 5.15. The maximum Gasteiger partial charge on any atom is 0.253 e. The fraction of sp³-hybridized carbons (Fsp3) is 0.250. The third-order valence-electron chi connectivity index (χ3n) is 1.53. The standard InChI is InChI=1S/C8H8ClNO2/c1-10-4-2-3-6(8(10)12)5-7(9)11/h2-4H,5H2,1H3. The van der Waals surface area contributed by atoms with Crippen LogP contribution in [-0.2, 0) is 18.3 Å². The van der Waals surface area contributed by atoms with Crippen molar-refractivity contribution in [2.45, 2.75) is 6.42 Å². The molecular weight excluding hydrogens is 178 g/mol. The van der Waals surface area contributed by atoms with Crippen molar-refractivity contribution in [3.8, 4) is 0 Å². The summed E-state index contributed by atoms with van der Waals surface area (Å²) < 4.78 is 1.41. The Labute approximate surface area is 74.6 Å². The lowest BCUT2D eigenvalue weighted by Gasteiger charge is -1.98. The number of pyridine rings is 1. The molecule has 0 atom stereocenters. The molecule has 0 saturated heterocycles. The van der Waals surface area contributed by atoms with Crippen molar-refractivity contribution in [3.63, 3.8) is 0 Å². The summed E-state index contributed by atoms with van der Waals surface area (Å²) in [6.07, 6.45) is 1.62. The van der Waals surface area contributed by atoms with E-state index in [-0.39, 0.29) is 12.0 Å². The van der Waals surface area contributed by atoms with Crippen LogP contribution in [0.5, 0.6) is 0 Å². The first-order valence-corrected chi connectivity index (χ1v) is 3.82. The molecular formula is C8H8ClNO2. The minimum absolute atomic E-state index is 0.00489. The van der Waals surface area contributed by atoms with Gasteiger partial charge in [-0.15, -0.1) is 0 Å². The summed E-state index contributed by atoms with van der Waals surface area (Å²) in [4.78, 5) is 21.8. The van der Waals surface area contributed by atoms with Gasteiger partial charge in [0.1, 0.15) is 0 Å². The summed E-state index contributed by atoms with van der Waals surface area (Å²) in [6.45, 7) is 0. The van der Waals surface area contributed by atoms with Crippen LogP contribution in [0.15, 0.2) is 23.1 Å². The van der Waals surface area contributed by atoms with Crippen molar-refractivity contribution in [1.29, 1.82) is 0 Å². The summed E-state index contributed by atoms with van der Waals surface area (Å²) in [5.74, 6) is 0. The first-order valence-electron chi connectivity index (χ1n) is 3.44. The molecule has 1 rings (SSSR count). The van der Waals surface area contributed by atoms with Crippen LogP contribution in [0.25, 0.3) is 0 Å². The van der Waals surface area contributed by atoms with Gasteiger partial charge in [-0.2, -0.15) is 0 Å². The highest BCUT2D eigenvalue weighted by Crippen LogP contribution is 1.95. The van der Waals surface area contributed by atoms with Crippen LogP contribution in [0, 0.1) is 0 Å². The molecule has 0 bridgehead atoms. The number of carbonyl (C=O) groups excluding carboxylic acids is 1. The quantitative estimate of drug-likeness (QED) is 0.636. The topological polar surface area (TPSA) is 39.1 Å². The second-order valence-electron chi connectivity index (χ2n) is 2.48. The Morgan fingerprint density at radius 2 is 2.33 bits per heavy atom. The van der Waals surface area contributed by atoms with E-state index in [2.05, 4.69) is 0 Å². The van der Waals surface area contributed by atoms with Crippen molar-refractivity contribution in [2.24, 2.45) is 7.05 Å². The Morgan fingerprint density at radius 1 is 1.67 bits per heavy atom. The lowest BCUT2D eigenvalue weighted by atomic mass is 10.2. The molecule has 4 heteroatoms. The molecule has 0 aromatic carbocycles. The van der Waals surface area contributed by atoms with E-state index in [1.807, 2.05) is 0 Å². The van der Waals surface area contributed by atoms with Crippen LogP contribution in [-0.4, -0.2) is 9.81 Å². The van der Waals surface area contributed by atoms with Crippen LogP contribution >= 0.6 is 11.6 Å². The number of nitrogens with zero attached hydrogens (tertiary/aromatic N) is 1. The zero-order valence-electron chi connectivity index (χ0n) is 6.58. The van der Waals surface area contributed by atoms with Gasteiger partial charge in [0, 0.05) is 18.8 Å². The largest absolute Gasteiger partial charge is 0.318 e. The zero-order valence-corrected chi connectivity index (χ0v) is 7.34. The maximum absolute atomic E-state index is 11.3. The van der Waals surface area contributed by atoms with Gasteiger partial charge in [0.05, 0.1) is 6.42 Å². The second kappa shape index (κ2) is 3.54. The lowest BCUT2D eigenvalue weighted by molar-refractivity contribution is -0.111. The fourth-order valence-electron chi connectivity index (χ4n) is 0.938. The van der Waals surface area contributed by atoms with Crippen molar-refractivity contribution in [3.05, 3.63) is 34.2 Å². The number of carbonyl (C=O) groups is 1. The molecule has 64 valence electrons. The minimum atomic E-state index is -0.515. The van der Waals surface area contributed by atoms with E-state index in [0.29, 0.717) is 5.56 Å². The molecule has 0 unspecified atom stereocenters. The van der Waals surface area contributed by atoms with E-state index in [0.717, 1.165) is 0 Å². The van der Waals surface area contributed by atoms with E-state index in [1.54, 1.807) is 25.4 Å². The molecule has 0 aliphatic carbocycles. The van der Waals surface area contributed by atoms with Crippen LogP contribution in [0.4, 0.5) is 0 Å². The first-order chi connectivity index (χ1) is 5.61. The van der Waals surface area contributed by atoms with Gasteiger partial charge in [0.15, 0.2) is 0 Å². The zero-order chi connectivity index (χ0) is 9.14. The number of hydrogen-bond acceptors (Lipinski definition) is 2. The number of aromatic nitrogens is 1. The van der Waals surface area contributed by atoms with Gasteiger partial charge in [0.25, 0.3) is 5.56 Å². The molecule has 12 heavy (non-hydrogen) atoms. The summed E-state index contributed by atoms with van der Waals surface area (Å²) in [7, 11) is 1.63. The van der Waals surface area contributed by atoms with Crippen LogP contribution in [0.3, 0.4) is 0 Å². The van der Waals surface area contributed by atoms with Gasteiger partial charge in [0.2, 0.25) is 5.24 Å². The average Bonchev–Trinajstić information content (AvgIpc) is 1.98.